The molecule has 2 rings (SSSR count). The number of aliphatic hydroxyl groups excluding tert-OH is 1. The highest BCUT2D eigenvalue weighted by Crippen LogP contribution is 2.56. The molecule has 5 heteroatoms. The molecule has 0 radical (unpaired) electrons. The molecule has 1 saturated carbocycles. The van der Waals surface area contributed by atoms with Crippen LogP contribution in [0.4, 0.5) is 0 Å². The van der Waals surface area contributed by atoms with E-state index in [4.69, 9.17) is 14.2 Å². The van der Waals surface area contributed by atoms with Crippen molar-refractivity contribution in [2.75, 3.05) is 20.3 Å². The van der Waals surface area contributed by atoms with Crippen molar-refractivity contribution in [2.24, 2.45) is 10.8 Å². The highest BCUT2D eigenvalue weighted by molar-refractivity contribution is 5.69. The van der Waals surface area contributed by atoms with Gasteiger partial charge in [0, 0.05) is 18.3 Å². The van der Waals surface area contributed by atoms with E-state index in [0.29, 0.717) is 26.1 Å². The molecule has 2 atom stereocenters. The van der Waals surface area contributed by atoms with Crippen LogP contribution < -0.4 is 0 Å². The summed E-state index contributed by atoms with van der Waals surface area (Å²) in [5, 5.41) is 10.9. The standard InChI is InChI=1S/C15H26O5/c1-13(2)12(17)14(3,6-5-11(16)18-4)7-8-15(13)19-9-10-20-15/h12,17H,5-10H2,1-4H3. The van der Waals surface area contributed by atoms with Gasteiger partial charge < -0.3 is 19.3 Å². The number of rotatable bonds is 3. The van der Waals surface area contributed by atoms with Gasteiger partial charge >= 0.3 is 5.97 Å². The van der Waals surface area contributed by atoms with E-state index in [1.54, 1.807) is 0 Å². The molecule has 0 aromatic rings. The van der Waals surface area contributed by atoms with Gasteiger partial charge in [0.15, 0.2) is 5.79 Å². The van der Waals surface area contributed by atoms with Crippen LogP contribution in [0.3, 0.4) is 0 Å². The summed E-state index contributed by atoms with van der Waals surface area (Å²) in [6, 6.07) is 0. The van der Waals surface area contributed by atoms with Crippen molar-refractivity contribution in [3.63, 3.8) is 0 Å². The Balaban J connectivity index is 2.13. The first-order chi connectivity index (χ1) is 9.27. The summed E-state index contributed by atoms with van der Waals surface area (Å²) in [5.74, 6) is -0.915. The van der Waals surface area contributed by atoms with Gasteiger partial charge in [-0.25, -0.2) is 0 Å². The molecular weight excluding hydrogens is 260 g/mol. The van der Waals surface area contributed by atoms with Crippen LogP contribution in [-0.4, -0.2) is 43.3 Å². The predicted molar refractivity (Wildman–Crippen MR) is 73.0 cm³/mol. The normalized spacial score (nSPS) is 35.1. The summed E-state index contributed by atoms with van der Waals surface area (Å²) in [6.45, 7) is 7.16. The molecule has 5 nitrogen and oxygen atoms in total. The zero-order valence-corrected chi connectivity index (χ0v) is 12.9. The van der Waals surface area contributed by atoms with Crippen molar-refractivity contribution >= 4 is 5.97 Å². The van der Waals surface area contributed by atoms with Gasteiger partial charge in [-0.05, 0) is 18.3 Å². The minimum Gasteiger partial charge on any atom is -0.469 e. The van der Waals surface area contributed by atoms with Crippen LogP contribution in [0, 0.1) is 10.8 Å². The lowest BCUT2D eigenvalue weighted by atomic mass is 9.57. The van der Waals surface area contributed by atoms with E-state index in [2.05, 4.69) is 0 Å². The lowest BCUT2D eigenvalue weighted by Gasteiger charge is -2.55. The van der Waals surface area contributed by atoms with E-state index in [1.165, 1.54) is 7.11 Å². The number of hydrogen-bond acceptors (Lipinski definition) is 5. The van der Waals surface area contributed by atoms with Crippen LogP contribution in [0.25, 0.3) is 0 Å². The lowest BCUT2D eigenvalue weighted by molar-refractivity contribution is -0.297. The monoisotopic (exact) mass is 286 g/mol. The van der Waals surface area contributed by atoms with Crippen molar-refractivity contribution in [1.82, 2.24) is 0 Å². The maximum atomic E-state index is 11.4. The summed E-state index contributed by atoms with van der Waals surface area (Å²) >= 11 is 0. The molecule has 1 N–H and O–H groups in total. The van der Waals surface area contributed by atoms with Gasteiger partial charge in [0.1, 0.15) is 0 Å². The summed E-state index contributed by atoms with van der Waals surface area (Å²) in [5.41, 5.74) is -0.829. The van der Waals surface area contributed by atoms with Crippen LogP contribution in [0.1, 0.15) is 46.5 Å². The van der Waals surface area contributed by atoms with Gasteiger partial charge in [0.25, 0.3) is 0 Å². The van der Waals surface area contributed by atoms with Crippen LogP contribution >= 0.6 is 0 Å². The van der Waals surface area contributed by atoms with E-state index < -0.39 is 17.3 Å². The molecule has 20 heavy (non-hydrogen) atoms. The van der Waals surface area contributed by atoms with Gasteiger partial charge in [-0.2, -0.15) is 0 Å². The molecule has 0 bridgehead atoms. The topological polar surface area (TPSA) is 65.0 Å². The maximum Gasteiger partial charge on any atom is 0.305 e. The number of ether oxygens (including phenoxy) is 3. The Labute approximate surface area is 120 Å². The number of carbonyl (C=O) groups excluding carboxylic acids is 1. The first-order valence-corrected chi connectivity index (χ1v) is 7.30. The van der Waals surface area contributed by atoms with Gasteiger partial charge in [0.05, 0.1) is 26.4 Å². The molecule has 1 heterocycles. The average molecular weight is 286 g/mol. The average Bonchev–Trinajstić information content (AvgIpc) is 2.90. The minimum atomic E-state index is -0.683. The Morgan fingerprint density at radius 1 is 1.25 bits per heavy atom. The Morgan fingerprint density at radius 2 is 1.85 bits per heavy atom. The molecule has 0 aromatic heterocycles. The largest absolute Gasteiger partial charge is 0.469 e. The van der Waals surface area contributed by atoms with Crippen LogP contribution in [0.15, 0.2) is 0 Å². The Kier molecular flexibility index (Phi) is 4.15. The Hall–Kier alpha value is -0.650. The van der Waals surface area contributed by atoms with Crippen molar-refractivity contribution in [3.05, 3.63) is 0 Å². The highest BCUT2D eigenvalue weighted by atomic mass is 16.7. The molecule has 1 spiro atoms. The zero-order chi connectivity index (χ0) is 15.0. The fourth-order valence-corrected chi connectivity index (χ4v) is 3.71. The number of aliphatic hydroxyl groups is 1. The number of hydrogen-bond donors (Lipinski definition) is 1. The highest BCUT2D eigenvalue weighted by Gasteiger charge is 2.61. The summed E-state index contributed by atoms with van der Waals surface area (Å²) in [6.07, 6.45) is 1.87. The number of esters is 1. The van der Waals surface area contributed by atoms with Gasteiger partial charge in [-0.1, -0.05) is 20.8 Å². The second-order valence-corrected chi connectivity index (χ2v) is 6.80. The molecular formula is C15H26O5. The van der Waals surface area contributed by atoms with E-state index in [0.717, 1.165) is 12.8 Å². The summed E-state index contributed by atoms with van der Waals surface area (Å²) < 4.78 is 16.4. The van der Waals surface area contributed by atoms with E-state index >= 15 is 0 Å². The van der Waals surface area contributed by atoms with E-state index in [9.17, 15) is 9.90 Å². The molecule has 1 aliphatic heterocycles. The van der Waals surface area contributed by atoms with E-state index in [-0.39, 0.29) is 11.4 Å². The fourth-order valence-electron chi connectivity index (χ4n) is 3.71. The quantitative estimate of drug-likeness (QED) is 0.802. The van der Waals surface area contributed by atoms with Crippen LogP contribution in [0.5, 0.6) is 0 Å². The minimum absolute atomic E-state index is 0.232. The maximum absolute atomic E-state index is 11.4. The number of carbonyl (C=O) groups is 1. The Morgan fingerprint density at radius 3 is 2.40 bits per heavy atom. The molecule has 0 aromatic carbocycles. The third-order valence-corrected chi connectivity index (χ3v) is 5.23. The molecule has 0 amide bonds. The lowest BCUT2D eigenvalue weighted by Crippen LogP contribution is -2.61. The van der Waals surface area contributed by atoms with Crippen LogP contribution in [0.2, 0.25) is 0 Å². The van der Waals surface area contributed by atoms with Crippen molar-refractivity contribution < 1.29 is 24.1 Å². The van der Waals surface area contributed by atoms with E-state index in [1.807, 2.05) is 20.8 Å². The van der Waals surface area contributed by atoms with Crippen LogP contribution in [-0.2, 0) is 19.0 Å². The zero-order valence-electron chi connectivity index (χ0n) is 12.9. The molecule has 2 unspecified atom stereocenters. The van der Waals surface area contributed by atoms with Gasteiger partial charge in [0.2, 0.25) is 0 Å². The van der Waals surface area contributed by atoms with Gasteiger partial charge in [-0.15, -0.1) is 0 Å². The second kappa shape index (κ2) is 5.28. The predicted octanol–water partition coefficient (Wildman–Crippen LogP) is 1.87. The van der Waals surface area contributed by atoms with Crippen molar-refractivity contribution in [2.45, 2.75) is 58.3 Å². The Bertz CT molecular complexity index is 372. The van der Waals surface area contributed by atoms with Crippen molar-refractivity contribution in [3.8, 4) is 0 Å². The summed E-state index contributed by atoms with van der Waals surface area (Å²) in [4.78, 5) is 11.4. The molecule has 1 saturated heterocycles. The molecule has 2 fully saturated rings. The molecule has 116 valence electrons. The van der Waals surface area contributed by atoms with Crippen molar-refractivity contribution in [1.29, 1.82) is 0 Å². The molecule has 1 aliphatic carbocycles. The van der Waals surface area contributed by atoms with Gasteiger partial charge in [-0.3, -0.25) is 4.79 Å². The first kappa shape index (κ1) is 15.7. The second-order valence-electron chi connectivity index (χ2n) is 6.80. The summed E-state index contributed by atoms with van der Waals surface area (Å²) in [7, 11) is 1.39. The smallest absolute Gasteiger partial charge is 0.305 e. The SMILES string of the molecule is COC(=O)CCC1(C)CCC2(OCCO2)C(C)(C)C1O. The third kappa shape index (κ3) is 2.36. The molecule has 2 aliphatic rings. The fraction of sp³-hybridized carbons (Fsp3) is 0.933. The first-order valence-electron chi connectivity index (χ1n) is 7.30. The third-order valence-electron chi connectivity index (χ3n) is 5.23. The number of methoxy groups -OCH3 is 1.